The van der Waals surface area contributed by atoms with E-state index in [-0.39, 0.29) is 10.8 Å². The fourth-order valence-corrected chi connectivity index (χ4v) is 4.89. The number of pyridine rings is 1. The Balaban J connectivity index is 1.55. The van der Waals surface area contributed by atoms with Crippen molar-refractivity contribution in [3.05, 3.63) is 28.6 Å². The van der Waals surface area contributed by atoms with Crippen molar-refractivity contribution in [3.63, 3.8) is 0 Å². The van der Waals surface area contributed by atoms with Crippen LogP contribution in [0.4, 0.5) is 0 Å². The molecule has 1 amide bonds. The Bertz CT molecular complexity index is 744. The summed E-state index contributed by atoms with van der Waals surface area (Å²) in [7, 11) is 0. The van der Waals surface area contributed by atoms with Crippen LogP contribution < -0.4 is 5.32 Å². The molecule has 0 bridgehead atoms. The van der Waals surface area contributed by atoms with E-state index in [4.69, 9.17) is 0 Å². The molecule has 1 aromatic heterocycles. The van der Waals surface area contributed by atoms with Gasteiger partial charge in [-0.3, -0.25) is 9.78 Å². The summed E-state index contributed by atoms with van der Waals surface area (Å²) >= 11 is 0. The number of hydrogen-bond donors (Lipinski definition) is 1. The number of carbonyl (C=O) groups is 1. The number of carbonyl (C=O) groups excluding carboxylic acids is 1. The first-order chi connectivity index (χ1) is 11.5. The molecule has 1 unspecified atom stereocenters. The summed E-state index contributed by atoms with van der Waals surface area (Å²) in [6.45, 7) is 7.40. The van der Waals surface area contributed by atoms with Crippen molar-refractivity contribution in [3.8, 4) is 6.07 Å². The van der Waals surface area contributed by atoms with E-state index in [0.29, 0.717) is 24.6 Å². The van der Waals surface area contributed by atoms with Crippen LogP contribution in [0.15, 0.2) is 6.20 Å². The van der Waals surface area contributed by atoms with Gasteiger partial charge in [0.1, 0.15) is 6.07 Å². The lowest BCUT2D eigenvalue weighted by Gasteiger charge is -2.34. The Labute approximate surface area is 143 Å². The Hall–Kier alpha value is -1.93. The Morgan fingerprint density at radius 2 is 2.17 bits per heavy atom. The third kappa shape index (κ3) is 2.09. The molecule has 1 spiro atoms. The van der Waals surface area contributed by atoms with Gasteiger partial charge in [0.25, 0.3) is 0 Å². The summed E-state index contributed by atoms with van der Waals surface area (Å²) in [6, 6.07) is 2.28. The van der Waals surface area contributed by atoms with E-state index in [1.165, 1.54) is 0 Å². The lowest BCUT2D eigenvalue weighted by molar-refractivity contribution is -0.139. The van der Waals surface area contributed by atoms with Crippen LogP contribution >= 0.6 is 0 Å². The lowest BCUT2D eigenvalue weighted by atomic mass is 9.84. The van der Waals surface area contributed by atoms with E-state index in [1.807, 2.05) is 18.0 Å². The summed E-state index contributed by atoms with van der Waals surface area (Å²) in [4.78, 5) is 19.6. The van der Waals surface area contributed by atoms with Gasteiger partial charge in [0, 0.05) is 19.3 Å². The van der Waals surface area contributed by atoms with Crippen molar-refractivity contribution >= 4 is 5.91 Å². The van der Waals surface area contributed by atoms with Crippen LogP contribution in [-0.2, 0) is 17.8 Å². The van der Waals surface area contributed by atoms with Crippen LogP contribution in [0.25, 0.3) is 0 Å². The average molecular weight is 324 g/mol. The van der Waals surface area contributed by atoms with E-state index < -0.39 is 0 Å². The van der Waals surface area contributed by atoms with Gasteiger partial charge < -0.3 is 10.2 Å². The van der Waals surface area contributed by atoms with Gasteiger partial charge in [0.15, 0.2) is 0 Å². The maximum absolute atomic E-state index is 13.2. The molecule has 1 saturated heterocycles. The van der Waals surface area contributed by atoms with Crippen LogP contribution in [0.3, 0.4) is 0 Å². The van der Waals surface area contributed by atoms with Gasteiger partial charge in [-0.25, -0.2) is 0 Å². The molecule has 5 heteroatoms. The van der Waals surface area contributed by atoms with Gasteiger partial charge in [-0.15, -0.1) is 0 Å². The zero-order valence-electron chi connectivity index (χ0n) is 14.5. The maximum Gasteiger partial charge on any atom is 0.229 e. The zero-order valence-corrected chi connectivity index (χ0v) is 14.5. The number of fused-ring (bicyclic) bond motifs is 1. The van der Waals surface area contributed by atoms with Crippen LogP contribution in [-0.4, -0.2) is 35.4 Å². The number of nitrogens with zero attached hydrogens (tertiary/aromatic N) is 3. The number of aromatic nitrogens is 1. The number of amides is 1. The third-order valence-corrected chi connectivity index (χ3v) is 6.63. The maximum atomic E-state index is 13.2. The number of aryl methyl sites for hydroxylation is 1. The molecule has 2 fully saturated rings. The highest BCUT2D eigenvalue weighted by Gasteiger charge is 2.68. The van der Waals surface area contributed by atoms with Crippen LogP contribution in [0, 0.1) is 29.1 Å². The molecule has 1 aromatic rings. The zero-order chi connectivity index (χ0) is 16.9. The van der Waals surface area contributed by atoms with Gasteiger partial charge >= 0.3 is 0 Å². The smallest absolute Gasteiger partial charge is 0.229 e. The minimum Gasteiger partial charge on any atom is -0.337 e. The van der Waals surface area contributed by atoms with Gasteiger partial charge in [0.2, 0.25) is 5.91 Å². The molecule has 126 valence electrons. The van der Waals surface area contributed by atoms with E-state index >= 15 is 0 Å². The predicted octanol–water partition coefficient (Wildman–Crippen LogP) is 1.93. The number of nitrogens with one attached hydrogen (secondary N) is 1. The van der Waals surface area contributed by atoms with Gasteiger partial charge in [-0.2, -0.15) is 5.26 Å². The Morgan fingerprint density at radius 3 is 2.88 bits per heavy atom. The summed E-state index contributed by atoms with van der Waals surface area (Å²) in [5.41, 5.74) is 3.65. The molecule has 24 heavy (non-hydrogen) atoms. The molecule has 0 aromatic carbocycles. The third-order valence-electron chi connectivity index (χ3n) is 6.63. The highest BCUT2D eigenvalue weighted by molar-refractivity contribution is 5.87. The van der Waals surface area contributed by atoms with Crippen molar-refractivity contribution in [1.29, 1.82) is 5.26 Å². The first-order valence-electron chi connectivity index (χ1n) is 8.88. The van der Waals surface area contributed by atoms with Crippen LogP contribution in [0.2, 0.25) is 0 Å². The molecular formula is C19H24N4O. The monoisotopic (exact) mass is 324 g/mol. The first kappa shape index (κ1) is 15.6. The molecule has 2 aliphatic heterocycles. The number of nitriles is 1. The first-order valence-corrected chi connectivity index (χ1v) is 8.88. The van der Waals surface area contributed by atoms with Crippen molar-refractivity contribution < 1.29 is 4.79 Å². The van der Waals surface area contributed by atoms with Crippen LogP contribution in [0.5, 0.6) is 0 Å². The average Bonchev–Trinajstić information content (AvgIpc) is 3.18. The summed E-state index contributed by atoms with van der Waals surface area (Å²) < 4.78 is 0. The van der Waals surface area contributed by atoms with Gasteiger partial charge in [-0.1, -0.05) is 6.92 Å². The van der Waals surface area contributed by atoms with Gasteiger partial charge in [0.05, 0.1) is 16.7 Å². The Kier molecular flexibility index (Phi) is 3.43. The van der Waals surface area contributed by atoms with Crippen molar-refractivity contribution in [1.82, 2.24) is 15.2 Å². The minimum atomic E-state index is -0.192. The van der Waals surface area contributed by atoms with Crippen LogP contribution in [0.1, 0.15) is 48.6 Å². The number of rotatable bonds is 1. The SMILES string of the molecule is Cc1ncc2c(c1C#N)CCN(C(=O)C1(C)CC13CCNCC3)C2. The summed E-state index contributed by atoms with van der Waals surface area (Å²) in [6.07, 6.45) is 5.86. The second-order valence-electron chi connectivity index (χ2n) is 7.85. The molecule has 1 aliphatic carbocycles. The molecule has 3 heterocycles. The molecule has 1 saturated carbocycles. The largest absolute Gasteiger partial charge is 0.337 e. The highest BCUT2D eigenvalue weighted by atomic mass is 16.2. The lowest BCUT2D eigenvalue weighted by Crippen LogP contribution is -2.43. The number of piperidine rings is 1. The van der Waals surface area contributed by atoms with Crippen molar-refractivity contribution in [2.75, 3.05) is 19.6 Å². The molecule has 4 rings (SSSR count). The van der Waals surface area contributed by atoms with E-state index in [0.717, 1.165) is 55.6 Å². The summed E-state index contributed by atoms with van der Waals surface area (Å²) in [5, 5.41) is 12.8. The fourth-order valence-electron chi connectivity index (χ4n) is 4.89. The normalized spacial score (nSPS) is 27.5. The molecule has 1 N–H and O–H groups in total. The van der Waals surface area contributed by atoms with Gasteiger partial charge in [-0.05, 0) is 62.2 Å². The molecule has 3 aliphatic rings. The van der Waals surface area contributed by atoms with E-state index in [1.54, 1.807) is 0 Å². The standard InChI is InChI=1S/C19H24N4O/c1-13-16(9-20)15-3-8-23(11-14(15)10-22-13)17(24)18(2)12-19(18)4-6-21-7-5-19/h10,21H,3-8,11-12H2,1-2H3. The predicted molar refractivity (Wildman–Crippen MR) is 90.1 cm³/mol. The molecule has 5 nitrogen and oxygen atoms in total. The minimum absolute atomic E-state index is 0.192. The topological polar surface area (TPSA) is 69.0 Å². The summed E-state index contributed by atoms with van der Waals surface area (Å²) in [5.74, 6) is 0.300. The fraction of sp³-hybridized carbons (Fsp3) is 0.632. The van der Waals surface area contributed by atoms with Crippen molar-refractivity contribution in [2.45, 2.75) is 46.1 Å². The highest BCUT2D eigenvalue weighted by Crippen LogP contribution is 2.69. The second-order valence-corrected chi connectivity index (χ2v) is 7.85. The van der Waals surface area contributed by atoms with E-state index in [2.05, 4.69) is 23.3 Å². The number of hydrogen-bond acceptors (Lipinski definition) is 4. The molecule has 0 radical (unpaired) electrons. The Morgan fingerprint density at radius 1 is 1.42 bits per heavy atom. The molecule has 1 atom stereocenters. The molecular weight excluding hydrogens is 300 g/mol. The second kappa shape index (κ2) is 5.29. The van der Waals surface area contributed by atoms with Crippen molar-refractivity contribution in [2.24, 2.45) is 10.8 Å². The van der Waals surface area contributed by atoms with E-state index in [9.17, 15) is 10.1 Å². The quantitative estimate of drug-likeness (QED) is 0.857.